The highest BCUT2D eigenvalue weighted by atomic mass is 35.5. The van der Waals surface area contributed by atoms with E-state index in [4.69, 9.17) is 11.6 Å². The van der Waals surface area contributed by atoms with E-state index in [2.05, 4.69) is 4.74 Å². The minimum atomic E-state index is -0.563. The van der Waals surface area contributed by atoms with Crippen molar-refractivity contribution in [3.63, 3.8) is 0 Å². The Morgan fingerprint density at radius 1 is 1.60 bits per heavy atom. The Bertz CT molecular complexity index is 366. The van der Waals surface area contributed by atoms with Gasteiger partial charge in [0.25, 0.3) is 0 Å². The molecule has 0 saturated carbocycles. The maximum Gasteiger partial charge on any atom is 0.313 e. The van der Waals surface area contributed by atoms with Crippen LogP contribution in [0.25, 0.3) is 0 Å². The number of hydrogen-bond acceptors (Lipinski definition) is 2. The van der Waals surface area contributed by atoms with E-state index in [1.54, 1.807) is 13.0 Å². The van der Waals surface area contributed by atoms with Crippen molar-refractivity contribution in [3.05, 3.63) is 34.6 Å². The summed E-state index contributed by atoms with van der Waals surface area (Å²) >= 11 is 5.62. The second-order valence-electron chi connectivity index (χ2n) is 3.15. The molecular formula is C11H12ClFO2. The second-order valence-corrected chi connectivity index (χ2v) is 3.59. The van der Waals surface area contributed by atoms with Gasteiger partial charge in [0, 0.05) is 10.6 Å². The summed E-state index contributed by atoms with van der Waals surface area (Å²) in [7, 11) is 1.29. The zero-order valence-electron chi connectivity index (χ0n) is 8.59. The molecule has 82 valence electrons. The molecule has 0 bridgehead atoms. The first kappa shape index (κ1) is 12.0. The van der Waals surface area contributed by atoms with E-state index in [-0.39, 0.29) is 0 Å². The Kier molecular flexibility index (Phi) is 4.09. The minimum absolute atomic E-state index is 0.316. The van der Waals surface area contributed by atoms with Gasteiger partial charge in [-0.3, -0.25) is 4.79 Å². The molecule has 0 amide bonds. The SMILES string of the molecule is CCC(C(=O)OC)c1ccc(Cl)cc1F. The van der Waals surface area contributed by atoms with Crippen LogP contribution in [0, 0.1) is 5.82 Å². The van der Waals surface area contributed by atoms with Gasteiger partial charge >= 0.3 is 5.97 Å². The van der Waals surface area contributed by atoms with Gasteiger partial charge < -0.3 is 4.74 Å². The standard InChI is InChI=1S/C11H12ClFO2/c1-3-8(11(14)15-2)9-5-4-7(12)6-10(9)13/h4-6,8H,3H2,1-2H3. The number of ether oxygens (including phenoxy) is 1. The molecule has 0 spiro atoms. The highest BCUT2D eigenvalue weighted by Gasteiger charge is 2.22. The fourth-order valence-corrected chi connectivity index (χ4v) is 1.60. The molecule has 1 atom stereocenters. The molecule has 1 rings (SSSR count). The van der Waals surface area contributed by atoms with Crippen molar-refractivity contribution in [2.75, 3.05) is 7.11 Å². The van der Waals surface area contributed by atoms with Crippen LogP contribution in [0.2, 0.25) is 5.02 Å². The Morgan fingerprint density at radius 2 is 2.27 bits per heavy atom. The molecule has 1 aromatic carbocycles. The molecule has 0 fully saturated rings. The first-order chi connectivity index (χ1) is 7.10. The number of benzene rings is 1. The summed E-state index contributed by atoms with van der Waals surface area (Å²) in [6.07, 6.45) is 0.491. The molecule has 0 aromatic heterocycles. The summed E-state index contributed by atoms with van der Waals surface area (Å²) in [5, 5.41) is 0.316. The van der Waals surface area contributed by atoms with Crippen LogP contribution in [0.4, 0.5) is 4.39 Å². The molecule has 2 nitrogen and oxygen atoms in total. The van der Waals surface area contributed by atoms with Crippen molar-refractivity contribution < 1.29 is 13.9 Å². The summed E-state index contributed by atoms with van der Waals surface area (Å²) in [6, 6.07) is 4.27. The zero-order chi connectivity index (χ0) is 11.4. The van der Waals surface area contributed by atoms with Crippen molar-refractivity contribution in [2.45, 2.75) is 19.3 Å². The van der Waals surface area contributed by atoms with E-state index < -0.39 is 17.7 Å². The third kappa shape index (κ3) is 2.69. The van der Waals surface area contributed by atoms with Gasteiger partial charge in [-0.1, -0.05) is 24.6 Å². The van der Waals surface area contributed by atoms with Crippen LogP contribution in [0.15, 0.2) is 18.2 Å². The highest BCUT2D eigenvalue weighted by molar-refractivity contribution is 6.30. The largest absolute Gasteiger partial charge is 0.469 e. The van der Waals surface area contributed by atoms with Crippen molar-refractivity contribution in [2.24, 2.45) is 0 Å². The van der Waals surface area contributed by atoms with Gasteiger partial charge in [0.1, 0.15) is 5.82 Å². The summed E-state index contributed by atoms with van der Waals surface area (Å²) in [5.41, 5.74) is 0.328. The number of hydrogen-bond donors (Lipinski definition) is 0. The number of halogens is 2. The van der Waals surface area contributed by atoms with Crippen LogP contribution in [-0.4, -0.2) is 13.1 Å². The molecule has 15 heavy (non-hydrogen) atoms. The molecule has 0 aliphatic rings. The molecule has 4 heteroatoms. The van der Waals surface area contributed by atoms with Crippen LogP contribution in [0.3, 0.4) is 0 Å². The van der Waals surface area contributed by atoms with Gasteiger partial charge in [-0.25, -0.2) is 4.39 Å². The fourth-order valence-electron chi connectivity index (χ4n) is 1.44. The third-order valence-corrected chi connectivity index (χ3v) is 2.47. The molecular weight excluding hydrogens is 219 g/mol. The van der Waals surface area contributed by atoms with E-state index in [9.17, 15) is 9.18 Å². The molecule has 0 N–H and O–H groups in total. The molecule has 1 aromatic rings. The summed E-state index contributed by atoms with van der Waals surface area (Å²) in [6.45, 7) is 1.80. The van der Waals surface area contributed by atoms with Gasteiger partial charge in [-0.2, -0.15) is 0 Å². The second kappa shape index (κ2) is 5.12. The number of carbonyl (C=O) groups excluding carboxylic acids is 1. The van der Waals surface area contributed by atoms with Crippen LogP contribution in [-0.2, 0) is 9.53 Å². The molecule has 1 unspecified atom stereocenters. The van der Waals surface area contributed by atoms with E-state index in [0.29, 0.717) is 17.0 Å². The monoisotopic (exact) mass is 230 g/mol. The van der Waals surface area contributed by atoms with Crippen molar-refractivity contribution >= 4 is 17.6 Å². The first-order valence-electron chi connectivity index (χ1n) is 4.63. The van der Waals surface area contributed by atoms with Crippen LogP contribution in [0.1, 0.15) is 24.8 Å². The predicted molar refractivity (Wildman–Crippen MR) is 56.5 cm³/mol. The Hall–Kier alpha value is -1.09. The average molecular weight is 231 g/mol. The number of esters is 1. The Labute approximate surface area is 93.0 Å². The lowest BCUT2D eigenvalue weighted by atomic mass is 9.96. The number of methoxy groups -OCH3 is 1. The Morgan fingerprint density at radius 3 is 2.73 bits per heavy atom. The molecule has 0 saturated heterocycles. The van der Waals surface area contributed by atoms with Gasteiger partial charge in [0.2, 0.25) is 0 Å². The van der Waals surface area contributed by atoms with E-state index in [0.717, 1.165) is 0 Å². The van der Waals surface area contributed by atoms with Crippen molar-refractivity contribution in [1.82, 2.24) is 0 Å². The maximum atomic E-state index is 13.5. The fraction of sp³-hybridized carbons (Fsp3) is 0.364. The van der Waals surface area contributed by atoms with Gasteiger partial charge in [-0.15, -0.1) is 0 Å². The summed E-state index contributed by atoms with van der Waals surface area (Å²) in [4.78, 5) is 11.4. The lowest BCUT2D eigenvalue weighted by Gasteiger charge is -2.13. The van der Waals surface area contributed by atoms with E-state index in [1.165, 1.54) is 19.2 Å². The molecule has 0 aliphatic carbocycles. The zero-order valence-corrected chi connectivity index (χ0v) is 9.34. The summed E-state index contributed by atoms with van der Waals surface area (Å²) in [5.74, 6) is -1.47. The van der Waals surface area contributed by atoms with Gasteiger partial charge in [0.15, 0.2) is 0 Å². The molecule has 0 radical (unpaired) electrons. The average Bonchev–Trinajstić information content (AvgIpc) is 2.21. The molecule has 0 heterocycles. The smallest absolute Gasteiger partial charge is 0.313 e. The number of rotatable bonds is 3. The van der Waals surface area contributed by atoms with E-state index >= 15 is 0 Å². The Balaban J connectivity index is 3.07. The van der Waals surface area contributed by atoms with E-state index in [1.807, 2.05) is 0 Å². The lowest BCUT2D eigenvalue weighted by Crippen LogP contribution is -2.14. The third-order valence-electron chi connectivity index (χ3n) is 2.23. The topological polar surface area (TPSA) is 26.3 Å². The lowest BCUT2D eigenvalue weighted by molar-refractivity contribution is -0.142. The molecule has 0 aliphatic heterocycles. The van der Waals surface area contributed by atoms with Crippen LogP contribution >= 0.6 is 11.6 Å². The minimum Gasteiger partial charge on any atom is -0.469 e. The first-order valence-corrected chi connectivity index (χ1v) is 5.00. The van der Waals surface area contributed by atoms with Crippen LogP contribution < -0.4 is 0 Å². The van der Waals surface area contributed by atoms with Crippen molar-refractivity contribution in [3.8, 4) is 0 Å². The predicted octanol–water partition coefficient (Wildman–Crippen LogP) is 3.15. The quantitative estimate of drug-likeness (QED) is 0.746. The van der Waals surface area contributed by atoms with Gasteiger partial charge in [0.05, 0.1) is 13.0 Å². The highest BCUT2D eigenvalue weighted by Crippen LogP contribution is 2.25. The van der Waals surface area contributed by atoms with Crippen LogP contribution in [0.5, 0.6) is 0 Å². The number of carbonyl (C=O) groups is 1. The van der Waals surface area contributed by atoms with Crippen molar-refractivity contribution in [1.29, 1.82) is 0 Å². The van der Waals surface area contributed by atoms with Gasteiger partial charge in [-0.05, 0) is 18.6 Å². The normalized spacial score (nSPS) is 12.3. The summed E-state index contributed by atoms with van der Waals surface area (Å²) < 4.78 is 18.1. The maximum absolute atomic E-state index is 13.5.